The first kappa shape index (κ1) is 13.7. The van der Waals surface area contributed by atoms with Gasteiger partial charge in [-0.3, -0.25) is 9.47 Å². The van der Waals surface area contributed by atoms with E-state index in [1.54, 1.807) is 0 Å². The molecule has 3 rings (SSSR count). The third kappa shape index (κ3) is 2.51. The van der Waals surface area contributed by atoms with Crippen molar-refractivity contribution in [1.29, 1.82) is 0 Å². The van der Waals surface area contributed by atoms with E-state index >= 15 is 0 Å². The first-order valence-corrected chi connectivity index (χ1v) is 6.47. The molecule has 1 aromatic carbocycles. The molecule has 1 aromatic heterocycles. The van der Waals surface area contributed by atoms with E-state index in [0.29, 0.717) is 18.7 Å². The van der Waals surface area contributed by atoms with Crippen molar-refractivity contribution in [2.24, 2.45) is 0 Å². The van der Waals surface area contributed by atoms with Gasteiger partial charge in [0, 0.05) is 24.6 Å². The van der Waals surface area contributed by atoms with Gasteiger partial charge in [-0.15, -0.1) is 0 Å². The maximum Gasteiger partial charge on any atom is 0.416 e. The van der Waals surface area contributed by atoms with Gasteiger partial charge in [-0.2, -0.15) is 13.2 Å². The normalized spacial score (nSPS) is 14.9. The average molecular weight is 295 g/mol. The van der Waals surface area contributed by atoms with E-state index in [0.717, 1.165) is 24.1 Å². The van der Waals surface area contributed by atoms with Crippen LogP contribution in [0, 0.1) is 0 Å². The van der Waals surface area contributed by atoms with Crippen LogP contribution in [0.25, 0.3) is 0 Å². The number of amides is 1. The molecule has 21 heavy (non-hydrogen) atoms. The molecule has 0 bridgehead atoms. The van der Waals surface area contributed by atoms with E-state index < -0.39 is 17.8 Å². The number of hydrogen-bond donors (Lipinski definition) is 0. The molecule has 2 aromatic rings. The SMILES string of the molecule is O=C(N1CCCc2ccc(C(F)(F)F)cc21)n1ccnc1. The molecule has 1 aliphatic heterocycles. The summed E-state index contributed by atoms with van der Waals surface area (Å²) in [7, 11) is 0. The molecule has 7 heteroatoms. The standard InChI is InChI=1S/C14H12F3N3O/c15-14(16,17)11-4-3-10-2-1-6-20(12(10)8-11)13(21)19-7-5-18-9-19/h3-5,7-9H,1-2,6H2. The summed E-state index contributed by atoms with van der Waals surface area (Å²) in [6, 6.07) is 3.16. The Bertz CT molecular complexity index is 665. The van der Waals surface area contributed by atoms with Gasteiger partial charge in [-0.1, -0.05) is 6.07 Å². The highest BCUT2D eigenvalue weighted by Crippen LogP contribution is 2.35. The molecule has 0 unspecified atom stereocenters. The predicted molar refractivity (Wildman–Crippen MR) is 70.1 cm³/mol. The van der Waals surface area contributed by atoms with Crippen molar-refractivity contribution < 1.29 is 18.0 Å². The van der Waals surface area contributed by atoms with Gasteiger partial charge in [0.05, 0.1) is 5.56 Å². The van der Waals surface area contributed by atoms with Crippen LogP contribution >= 0.6 is 0 Å². The van der Waals surface area contributed by atoms with E-state index in [-0.39, 0.29) is 0 Å². The third-order valence-electron chi connectivity index (χ3n) is 3.49. The molecular formula is C14H12F3N3O. The molecule has 0 N–H and O–H groups in total. The van der Waals surface area contributed by atoms with Crippen molar-refractivity contribution >= 4 is 11.7 Å². The second-order valence-electron chi connectivity index (χ2n) is 4.85. The topological polar surface area (TPSA) is 38.1 Å². The summed E-state index contributed by atoms with van der Waals surface area (Å²) < 4.78 is 39.8. The summed E-state index contributed by atoms with van der Waals surface area (Å²) in [6.45, 7) is 0.394. The Morgan fingerprint density at radius 3 is 2.76 bits per heavy atom. The van der Waals surface area contributed by atoms with Crippen LogP contribution in [-0.4, -0.2) is 22.1 Å². The highest BCUT2D eigenvalue weighted by Gasteiger charge is 2.33. The van der Waals surface area contributed by atoms with Crippen molar-refractivity contribution in [2.75, 3.05) is 11.4 Å². The molecule has 0 saturated heterocycles. The van der Waals surface area contributed by atoms with E-state index in [4.69, 9.17) is 0 Å². The second-order valence-corrected chi connectivity index (χ2v) is 4.85. The molecule has 2 heterocycles. The number of carbonyl (C=O) groups is 1. The van der Waals surface area contributed by atoms with Gasteiger partial charge in [0.2, 0.25) is 0 Å². The summed E-state index contributed by atoms with van der Waals surface area (Å²) in [5, 5.41) is 0. The summed E-state index contributed by atoms with van der Waals surface area (Å²) in [6.07, 6.45) is 1.24. The lowest BCUT2D eigenvalue weighted by molar-refractivity contribution is -0.137. The van der Waals surface area contributed by atoms with Crippen LogP contribution in [0.1, 0.15) is 17.5 Å². The van der Waals surface area contributed by atoms with Crippen LogP contribution in [-0.2, 0) is 12.6 Å². The second kappa shape index (κ2) is 4.91. The molecule has 0 saturated carbocycles. The van der Waals surface area contributed by atoms with Gasteiger partial charge in [0.1, 0.15) is 6.33 Å². The molecule has 1 aliphatic rings. The van der Waals surface area contributed by atoms with Crippen LogP contribution in [0.5, 0.6) is 0 Å². The minimum Gasteiger partial charge on any atom is -0.293 e. The Kier molecular flexibility index (Phi) is 3.19. The lowest BCUT2D eigenvalue weighted by atomic mass is 9.99. The molecule has 0 fully saturated rings. The van der Waals surface area contributed by atoms with Crippen molar-refractivity contribution in [1.82, 2.24) is 9.55 Å². The fourth-order valence-corrected chi connectivity index (χ4v) is 2.46. The Morgan fingerprint density at radius 2 is 2.10 bits per heavy atom. The molecule has 1 amide bonds. The molecule has 4 nitrogen and oxygen atoms in total. The van der Waals surface area contributed by atoms with Crippen LogP contribution in [0.3, 0.4) is 0 Å². The first-order chi connectivity index (χ1) is 9.97. The van der Waals surface area contributed by atoms with Crippen molar-refractivity contribution in [3.05, 3.63) is 48.0 Å². The van der Waals surface area contributed by atoms with Gasteiger partial charge in [0.15, 0.2) is 0 Å². The quantitative estimate of drug-likeness (QED) is 0.747. The number of fused-ring (bicyclic) bond motifs is 1. The lowest BCUT2D eigenvalue weighted by Crippen LogP contribution is -2.38. The zero-order chi connectivity index (χ0) is 15.0. The fourth-order valence-electron chi connectivity index (χ4n) is 2.46. The molecule has 0 aliphatic carbocycles. The Balaban J connectivity index is 2.02. The van der Waals surface area contributed by atoms with E-state index in [2.05, 4.69) is 4.98 Å². The highest BCUT2D eigenvalue weighted by molar-refractivity contribution is 5.94. The van der Waals surface area contributed by atoms with Crippen molar-refractivity contribution in [2.45, 2.75) is 19.0 Å². The largest absolute Gasteiger partial charge is 0.416 e. The maximum absolute atomic E-state index is 12.8. The smallest absolute Gasteiger partial charge is 0.293 e. The number of aromatic nitrogens is 2. The minimum absolute atomic E-state index is 0.328. The predicted octanol–water partition coefficient (Wildman–Crippen LogP) is 3.32. The molecule has 0 atom stereocenters. The van der Waals surface area contributed by atoms with Crippen molar-refractivity contribution in [3.63, 3.8) is 0 Å². The van der Waals surface area contributed by atoms with Crippen LogP contribution < -0.4 is 4.90 Å². The number of imidazole rings is 1. The van der Waals surface area contributed by atoms with Crippen LogP contribution in [0.15, 0.2) is 36.9 Å². The molecular weight excluding hydrogens is 283 g/mol. The van der Waals surface area contributed by atoms with Gasteiger partial charge in [-0.25, -0.2) is 9.78 Å². The zero-order valence-electron chi connectivity index (χ0n) is 11.0. The molecule has 110 valence electrons. The number of hydrogen-bond acceptors (Lipinski definition) is 2. The van der Waals surface area contributed by atoms with E-state index in [9.17, 15) is 18.0 Å². The van der Waals surface area contributed by atoms with Crippen LogP contribution in [0.4, 0.5) is 23.7 Å². The Labute approximate surface area is 118 Å². The summed E-state index contributed by atoms with van der Waals surface area (Å²) in [5.41, 5.74) is 0.337. The summed E-state index contributed by atoms with van der Waals surface area (Å²) >= 11 is 0. The van der Waals surface area contributed by atoms with Gasteiger partial charge >= 0.3 is 12.2 Å². The number of carbonyl (C=O) groups excluding carboxylic acids is 1. The average Bonchev–Trinajstić information content (AvgIpc) is 2.98. The van der Waals surface area contributed by atoms with Crippen molar-refractivity contribution in [3.8, 4) is 0 Å². The van der Waals surface area contributed by atoms with E-state index in [1.165, 1.54) is 34.3 Å². The Morgan fingerprint density at radius 1 is 1.29 bits per heavy atom. The highest BCUT2D eigenvalue weighted by atomic mass is 19.4. The summed E-state index contributed by atoms with van der Waals surface area (Å²) in [5.74, 6) is 0. The molecule has 0 spiro atoms. The number of benzene rings is 1. The Hall–Kier alpha value is -2.31. The lowest BCUT2D eigenvalue weighted by Gasteiger charge is -2.30. The number of nitrogens with zero attached hydrogens (tertiary/aromatic N) is 3. The maximum atomic E-state index is 12.8. The summed E-state index contributed by atoms with van der Waals surface area (Å²) in [4.78, 5) is 17.5. The van der Waals surface area contributed by atoms with Crippen LogP contribution in [0.2, 0.25) is 0 Å². The first-order valence-electron chi connectivity index (χ1n) is 6.47. The molecule has 0 radical (unpaired) electrons. The van der Waals surface area contributed by atoms with Gasteiger partial charge in [0.25, 0.3) is 0 Å². The number of anilines is 1. The number of halogens is 3. The number of aryl methyl sites for hydroxylation is 1. The number of alkyl halides is 3. The monoisotopic (exact) mass is 295 g/mol. The number of rotatable bonds is 0. The zero-order valence-corrected chi connectivity index (χ0v) is 11.0. The van der Waals surface area contributed by atoms with Gasteiger partial charge in [-0.05, 0) is 30.5 Å². The minimum atomic E-state index is -4.42. The fraction of sp³-hybridized carbons (Fsp3) is 0.286. The third-order valence-corrected chi connectivity index (χ3v) is 3.49. The van der Waals surface area contributed by atoms with Gasteiger partial charge < -0.3 is 0 Å². The van der Waals surface area contributed by atoms with E-state index in [1.807, 2.05) is 0 Å².